The number of H-pyrrole nitrogens is 1. The molecule has 0 atom stereocenters. The number of hydrogen-bond acceptors (Lipinski definition) is 3. The lowest BCUT2D eigenvalue weighted by molar-refractivity contribution is 0.0947. The maximum atomic E-state index is 12.3. The maximum Gasteiger partial charge on any atom is 0.269 e. The van der Waals surface area contributed by atoms with Gasteiger partial charge in [-0.2, -0.15) is 5.10 Å². The van der Waals surface area contributed by atoms with Gasteiger partial charge in [0, 0.05) is 42.8 Å². The number of aromatic nitrogens is 4. The molecular weight excluding hydrogens is 314 g/mol. The number of pyridine rings is 1. The van der Waals surface area contributed by atoms with Crippen LogP contribution in [-0.2, 0) is 6.54 Å². The molecule has 6 heteroatoms. The van der Waals surface area contributed by atoms with Crippen LogP contribution in [-0.4, -0.2) is 32.2 Å². The molecule has 0 spiro atoms. The van der Waals surface area contributed by atoms with Crippen LogP contribution in [0, 0.1) is 0 Å². The van der Waals surface area contributed by atoms with E-state index in [0.717, 1.165) is 11.3 Å². The zero-order valence-electron chi connectivity index (χ0n) is 13.5. The van der Waals surface area contributed by atoms with Gasteiger partial charge < -0.3 is 9.88 Å². The van der Waals surface area contributed by atoms with E-state index in [-0.39, 0.29) is 5.91 Å². The Kier molecular flexibility index (Phi) is 4.00. The number of fused-ring (bicyclic) bond motifs is 1. The SMILES string of the molecule is O=C(NCCn1ccc2ccccc21)c1cc(-c2ccncc2)n[nH]1. The third-order valence-electron chi connectivity index (χ3n) is 4.12. The van der Waals surface area contributed by atoms with E-state index in [1.165, 1.54) is 10.9 Å². The number of para-hydroxylation sites is 1. The summed E-state index contributed by atoms with van der Waals surface area (Å²) in [5.74, 6) is -0.163. The highest BCUT2D eigenvalue weighted by Gasteiger charge is 2.10. The van der Waals surface area contributed by atoms with Gasteiger partial charge in [0.05, 0.1) is 5.69 Å². The monoisotopic (exact) mass is 331 g/mol. The van der Waals surface area contributed by atoms with Crippen LogP contribution in [0.2, 0.25) is 0 Å². The minimum Gasteiger partial charge on any atom is -0.349 e. The van der Waals surface area contributed by atoms with Gasteiger partial charge in [0.15, 0.2) is 0 Å². The highest BCUT2D eigenvalue weighted by atomic mass is 16.1. The minimum absolute atomic E-state index is 0.163. The highest BCUT2D eigenvalue weighted by molar-refractivity contribution is 5.93. The smallest absolute Gasteiger partial charge is 0.269 e. The number of hydrogen-bond donors (Lipinski definition) is 2. The molecule has 0 aliphatic heterocycles. The van der Waals surface area contributed by atoms with Crippen molar-refractivity contribution in [1.82, 2.24) is 25.1 Å². The summed E-state index contributed by atoms with van der Waals surface area (Å²) in [6.45, 7) is 1.26. The summed E-state index contributed by atoms with van der Waals surface area (Å²) in [5, 5.41) is 11.1. The molecule has 124 valence electrons. The van der Waals surface area contributed by atoms with Crippen molar-refractivity contribution in [2.24, 2.45) is 0 Å². The predicted octanol–water partition coefficient (Wildman–Crippen LogP) is 2.86. The Morgan fingerprint density at radius 3 is 2.84 bits per heavy atom. The Hall–Kier alpha value is -3.41. The number of amides is 1. The lowest BCUT2D eigenvalue weighted by atomic mass is 10.2. The molecule has 0 saturated heterocycles. The average molecular weight is 331 g/mol. The second-order valence-corrected chi connectivity index (χ2v) is 5.73. The summed E-state index contributed by atoms with van der Waals surface area (Å²) in [7, 11) is 0. The Labute approximate surface area is 144 Å². The highest BCUT2D eigenvalue weighted by Crippen LogP contribution is 2.16. The molecule has 4 aromatic rings. The second kappa shape index (κ2) is 6.60. The largest absolute Gasteiger partial charge is 0.349 e. The van der Waals surface area contributed by atoms with Crippen LogP contribution in [0.4, 0.5) is 0 Å². The van der Waals surface area contributed by atoms with Crippen molar-refractivity contribution >= 4 is 16.8 Å². The fourth-order valence-electron chi connectivity index (χ4n) is 2.83. The minimum atomic E-state index is -0.163. The average Bonchev–Trinajstić information content (AvgIpc) is 3.30. The molecule has 3 heterocycles. The molecule has 2 N–H and O–H groups in total. The summed E-state index contributed by atoms with van der Waals surface area (Å²) >= 11 is 0. The maximum absolute atomic E-state index is 12.3. The van der Waals surface area contributed by atoms with Crippen LogP contribution in [0.1, 0.15) is 10.5 Å². The van der Waals surface area contributed by atoms with Gasteiger partial charge in [0.1, 0.15) is 5.69 Å². The first-order valence-corrected chi connectivity index (χ1v) is 8.09. The molecule has 3 aromatic heterocycles. The van der Waals surface area contributed by atoms with Gasteiger partial charge >= 0.3 is 0 Å². The number of benzene rings is 1. The van der Waals surface area contributed by atoms with Gasteiger partial charge in [-0.05, 0) is 35.7 Å². The van der Waals surface area contributed by atoms with E-state index < -0.39 is 0 Å². The third kappa shape index (κ3) is 3.14. The van der Waals surface area contributed by atoms with Crippen LogP contribution < -0.4 is 5.32 Å². The van der Waals surface area contributed by atoms with Crippen LogP contribution in [0.15, 0.2) is 67.1 Å². The van der Waals surface area contributed by atoms with Crippen molar-refractivity contribution in [3.8, 4) is 11.3 Å². The predicted molar refractivity (Wildman–Crippen MR) is 96.1 cm³/mol. The molecule has 25 heavy (non-hydrogen) atoms. The first-order chi connectivity index (χ1) is 12.3. The second-order valence-electron chi connectivity index (χ2n) is 5.73. The first kappa shape index (κ1) is 15.1. The number of carbonyl (C=O) groups is 1. The molecule has 0 radical (unpaired) electrons. The number of aromatic amines is 1. The lowest BCUT2D eigenvalue weighted by Crippen LogP contribution is -2.27. The molecule has 4 rings (SSSR count). The van der Waals surface area contributed by atoms with Crippen molar-refractivity contribution in [3.05, 3.63) is 72.8 Å². The van der Waals surface area contributed by atoms with Gasteiger partial charge in [-0.1, -0.05) is 18.2 Å². The molecule has 0 saturated carbocycles. The Bertz CT molecular complexity index is 1000. The summed E-state index contributed by atoms with van der Waals surface area (Å²) in [5.41, 5.74) is 3.26. The third-order valence-corrected chi connectivity index (χ3v) is 4.12. The number of carbonyl (C=O) groups excluding carboxylic acids is 1. The van der Waals surface area contributed by atoms with Crippen molar-refractivity contribution in [2.75, 3.05) is 6.54 Å². The fraction of sp³-hybridized carbons (Fsp3) is 0.105. The van der Waals surface area contributed by atoms with E-state index in [0.29, 0.717) is 18.8 Å². The van der Waals surface area contributed by atoms with Crippen LogP contribution in [0.25, 0.3) is 22.2 Å². The van der Waals surface area contributed by atoms with E-state index in [4.69, 9.17) is 0 Å². The first-order valence-electron chi connectivity index (χ1n) is 8.09. The molecule has 0 unspecified atom stereocenters. The summed E-state index contributed by atoms with van der Waals surface area (Å²) in [6.07, 6.45) is 5.44. The van der Waals surface area contributed by atoms with E-state index >= 15 is 0 Å². The summed E-state index contributed by atoms with van der Waals surface area (Å²) in [4.78, 5) is 16.3. The molecule has 0 aliphatic rings. The molecule has 0 aliphatic carbocycles. The summed E-state index contributed by atoms with van der Waals surface area (Å²) in [6, 6.07) is 15.7. The van der Waals surface area contributed by atoms with E-state index in [2.05, 4.69) is 43.3 Å². The van der Waals surface area contributed by atoms with Crippen molar-refractivity contribution in [2.45, 2.75) is 6.54 Å². The Balaban J connectivity index is 1.39. The van der Waals surface area contributed by atoms with Gasteiger partial charge in [-0.25, -0.2) is 0 Å². The number of rotatable bonds is 5. The lowest BCUT2D eigenvalue weighted by Gasteiger charge is -2.06. The zero-order valence-corrected chi connectivity index (χ0v) is 13.5. The van der Waals surface area contributed by atoms with Gasteiger partial charge in [0.25, 0.3) is 5.91 Å². The van der Waals surface area contributed by atoms with Gasteiger partial charge in [-0.3, -0.25) is 14.9 Å². The normalized spacial score (nSPS) is 10.9. The molecule has 1 amide bonds. The molecular formula is C19H17N5O. The van der Waals surface area contributed by atoms with Crippen LogP contribution >= 0.6 is 0 Å². The molecule has 1 aromatic carbocycles. The number of nitrogens with one attached hydrogen (secondary N) is 2. The van der Waals surface area contributed by atoms with Crippen molar-refractivity contribution in [1.29, 1.82) is 0 Å². The van der Waals surface area contributed by atoms with Crippen LogP contribution in [0.5, 0.6) is 0 Å². The van der Waals surface area contributed by atoms with Gasteiger partial charge in [-0.15, -0.1) is 0 Å². The molecule has 0 bridgehead atoms. The van der Waals surface area contributed by atoms with Crippen LogP contribution in [0.3, 0.4) is 0 Å². The van der Waals surface area contributed by atoms with Crippen molar-refractivity contribution in [3.63, 3.8) is 0 Å². The van der Waals surface area contributed by atoms with E-state index in [1.54, 1.807) is 18.5 Å². The van der Waals surface area contributed by atoms with E-state index in [9.17, 15) is 4.79 Å². The van der Waals surface area contributed by atoms with Gasteiger partial charge in [0.2, 0.25) is 0 Å². The van der Waals surface area contributed by atoms with E-state index in [1.807, 2.05) is 30.5 Å². The molecule has 0 fully saturated rings. The summed E-state index contributed by atoms with van der Waals surface area (Å²) < 4.78 is 2.13. The standard InChI is InChI=1S/C19H17N5O/c25-19(17-13-16(22-23-17)14-5-8-20-9-6-14)21-10-12-24-11-7-15-3-1-2-4-18(15)24/h1-9,11,13H,10,12H2,(H,21,25)(H,22,23). The van der Waals surface area contributed by atoms with Crippen molar-refractivity contribution < 1.29 is 4.79 Å². The number of nitrogens with zero attached hydrogens (tertiary/aromatic N) is 3. The Morgan fingerprint density at radius 2 is 1.96 bits per heavy atom. The quantitative estimate of drug-likeness (QED) is 0.590. The zero-order chi connectivity index (χ0) is 17.1. The fourth-order valence-corrected chi connectivity index (χ4v) is 2.83. The topological polar surface area (TPSA) is 75.6 Å². The molecule has 6 nitrogen and oxygen atoms in total. The Morgan fingerprint density at radius 1 is 1.12 bits per heavy atom.